The standard InChI is InChI=1S/C10H14O3/c1-8-6-9(7-13-8)10(11)4-3-5-12-2/h6-7H,3-5H2,1-2H3. The quantitative estimate of drug-likeness (QED) is 0.517. The van der Waals surface area contributed by atoms with E-state index >= 15 is 0 Å². The first-order valence-electron chi connectivity index (χ1n) is 4.31. The molecular weight excluding hydrogens is 168 g/mol. The van der Waals surface area contributed by atoms with Crippen molar-refractivity contribution in [2.24, 2.45) is 0 Å². The number of carbonyl (C=O) groups excluding carboxylic acids is 1. The van der Waals surface area contributed by atoms with E-state index in [-0.39, 0.29) is 5.78 Å². The molecule has 72 valence electrons. The summed E-state index contributed by atoms with van der Waals surface area (Å²) in [5.41, 5.74) is 0.661. The predicted molar refractivity (Wildman–Crippen MR) is 48.9 cm³/mol. The molecule has 1 heterocycles. The molecule has 0 amide bonds. The van der Waals surface area contributed by atoms with Crippen LogP contribution >= 0.6 is 0 Å². The number of ketones is 1. The maximum atomic E-state index is 11.4. The van der Waals surface area contributed by atoms with Crippen molar-refractivity contribution in [1.29, 1.82) is 0 Å². The van der Waals surface area contributed by atoms with E-state index in [1.54, 1.807) is 13.2 Å². The first-order valence-corrected chi connectivity index (χ1v) is 4.31. The second-order valence-electron chi connectivity index (χ2n) is 2.97. The van der Waals surface area contributed by atoms with E-state index in [9.17, 15) is 4.79 Å². The monoisotopic (exact) mass is 182 g/mol. The summed E-state index contributed by atoms with van der Waals surface area (Å²) in [5.74, 6) is 0.893. The minimum atomic E-state index is 0.119. The van der Waals surface area contributed by atoms with Crippen molar-refractivity contribution in [2.45, 2.75) is 19.8 Å². The second kappa shape index (κ2) is 4.82. The SMILES string of the molecule is COCCCC(=O)c1coc(C)c1. The summed E-state index contributed by atoms with van der Waals surface area (Å²) in [6, 6.07) is 1.76. The Morgan fingerprint density at radius 2 is 2.38 bits per heavy atom. The molecule has 0 bridgehead atoms. The number of hydrogen-bond donors (Lipinski definition) is 0. The van der Waals surface area contributed by atoms with Gasteiger partial charge in [-0.2, -0.15) is 0 Å². The highest BCUT2D eigenvalue weighted by Gasteiger charge is 2.07. The third kappa shape index (κ3) is 3.03. The Balaban J connectivity index is 2.40. The van der Waals surface area contributed by atoms with Crippen LogP contribution in [-0.2, 0) is 4.74 Å². The molecule has 13 heavy (non-hydrogen) atoms. The third-order valence-corrected chi connectivity index (χ3v) is 1.80. The minimum absolute atomic E-state index is 0.119. The van der Waals surface area contributed by atoms with Gasteiger partial charge in [0, 0.05) is 20.1 Å². The number of methoxy groups -OCH3 is 1. The highest BCUT2D eigenvalue weighted by Crippen LogP contribution is 2.09. The number of rotatable bonds is 5. The van der Waals surface area contributed by atoms with Gasteiger partial charge in [0.05, 0.1) is 5.56 Å². The number of hydrogen-bond acceptors (Lipinski definition) is 3. The average Bonchev–Trinajstić information content (AvgIpc) is 2.52. The van der Waals surface area contributed by atoms with Gasteiger partial charge in [-0.1, -0.05) is 0 Å². The normalized spacial score (nSPS) is 10.3. The van der Waals surface area contributed by atoms with E-state index in [2.05, 4.69) is 0 Å². The van der Waals surface area contributed by atoms with Crippen molar-refractivity contribution in [1.82, 2.24) is 0 Å². The van der Waals surface area contributed by atoms with Gasteiger partial charge in [-0.25, -0.2) is 0 Å². The van der Waals surface area contributed by atoms with E-state index in [1.807, 2.05) is 6.92 Å². The van der Waals surface area contributed by atoms with Gasteiger partial charge < -0.3 is 9.15 Å². The van der Waals surface area contributed by atoms with Crippen molar-refractivity contribution in [3.8, 4) is 0 Å². The number of ether oxygens (including phenoxy) is 1. The highest BCUT2D eigenvalue weighted by molar-refractivity contribution is 5.95. The van der Waals surface area contributed by atoms with Crippen LogP contribution in [0.3, 0.4) is 0 Å². The lowest BCUT2D eigenvalue weighted by atomic mass is 10.1. The molecule has 3 nitrogen and oxygen atoms in total. The zero-order chi connectivity index (χ0) is 9.68. The van der Waals surface area contributed by atoms with Crippen LogP contribution in [0.15, 0.2) is 16.7 Å². The molecule has 1 aromatic rings. The molecule has 0 aliphatic heterocycles. The molecule has 1 aromatic heterocycles. The Labute approximate surface area is 77.7 Å². The first kappa shape index (κ1) is 9.99. The first-order chi connectivity index (χ1) is 6.24. The van der Waals surface area contributed by atoms with E-state index < -0.39 is 0 Å². The molecule has 0 aliphatic carbocycles. The molecule has 0 radical (unpaired) electrons. The van der Waals surface area contributed by atoms with E-state index in [1.165, 1.54) is 6.26 Å². The van der Waals surface area contributed by atoms with Crippen LogP contribution in [0.5, 0.6) is 0 Å². The molecule has 0 N–H and O–H groups in total. The Morgan fingerprint density at radius 3 is 2.92 bits per heavy atom. The van der Waals surface area contributed by atoms with Crippen LogP contribution in [0.1, 0.15) is 29.0 Å². The van der Waals surface area contributed by atoms with Crippen molar-refractivity contribution < 1.29 is 13.9 Å². The minimum Gasteiger partial charge on any atom is -0.469 e. The average molecular weight is 182 g/mol. The summed E-state index contributed by atoms with van der Waals surface area (Å²) in [6.45, 7) is 2.45. The fourth-order valence-electron chi connectivity index (χ4n) is 1.11. The highest BCUT2D eigenvalue weighted by atomic mass is 16.5. The molecule has 0 unspecified atom stereocenters. The lowest BCUT2D eigenvalue weighted by Gasteiger charge is -1.96. The molecule has 0 aromatic carbocycles. The van der Waals surface area contributed by atoms with Crippen molar-refractivity contribution in [3.63, 3.8) is 0 Å². The lowest BCUT2D eigenvalue weighted by Crippen LogP contribution is -1.99. The van der Waals surface area contributed by atoms with E-state index in [0.717, 1.165) is 12.2 Å². The van der Waals surface area contributed by atoms with Crippen LogP contribution < -0.4 is 0 Å². The van der Waals surface area contributed by atoms with Crippen LogP contribution in [0.25, 0.3) is 0 Å². The van der Waals surface area contributed by atoms with Gasteiger partial charge in [-0.05, 0) is 19.4 Å². The zero-order valence-corrected chi connectivity index (χ0v) is 8.00. The summed E-state index contributed by atoms with van der Waals surface area (Å²) < 4.78 is 9.90. The summed E-state index contributed by atoms with van der Waals surface area (Å²) in [6.07, 6.45) is 2.79. The Hall–Kier alpha value is -1.09. The van der Waals surface area contributed by atoms with Gasteiger partial charge in [-0.15, -0.1) is 0 Å². The summed E-state index contributed by atoms with van der Waals surface area (Å²) >= 11 is 0. The van der Waals surface area contributed by atoms with E-state index in [4.69, 9.17) is 9.15 Å². The molecule has 0 saturated heterocycles. The van der Waals surface area contributed by atoms with Crippen LogP contribution in [-0.4, -0.2) is 19.5 Å². The van der Waals surface area contributed by atoms with Gasteiger partial charge in [0.2, 0.25) is 0 Å². The molecule has 0 saturated carbocycles. The van der Waals surface area contributed by atoms with Crippen LogP contribution in [0.4, 0.5) is 0 Å². The number of Topliss-reactive ketones (excluding diaryl/α,β-unsaturated/α-hetero) is 1. The third-order valence-electron chi connectivity index (χ3n) is 1.80. The Morgan fingerprint density at radius 1 is 1.62 bits per heavy atom. The molecule has 0 aliphatic rings. The van der Waals surface area contributed by atoms with Crippen molar-refractivity contribution >= 4 is 5.78 Å². The van der Waals surface area contributed by atoms with Gasteiger partial charge in [0.25, 0.3) is 0 Å². The van der Waals surface area contributed by atoms with Gasteiger partial charge in [-0.3, -0.25) is 4.79 Å². The predicted octanol–water partition coefficient (Wildman–Crippen LogP) is 2.20. The zero-order valence-electron chi connectivity index (χ0n) is 8.00. The molecule has 0 spiro atoms. The molecule has 0 fully saturated rings. The fraction of sp³-hybridized carbons (Fsp3) is 0.500. The Kier molecular flexibility index (Phi) is 3.71. The maximum Gasteiger partial charge on any atom is 0.166 e. The molecule has 0 atom stereocenters. The van der Waals surface area contributed by atoms with E-state index in [0.29, 0.717) is 18.6 Å². The van der Waals surface area contributed by atoms with Crippen LogP contribution in [0, 0.1) is 6.92 Å². The summed E-state index contributed by atoms with van der Waals surface area (Å²) in [7, 11) is 1.63. The smallest absolute Gasteiger partial charge is 0.166 e. The van der Waals surface area contributed by atoms with Crippen molar-refractivity contribution in [3.05, 3.63) is 23.7 Å². The topological polar surface area (TPSA) is 39.4 Å². The fourth-order valence-corrected chi connectivity index (χ4v) is 1.11. The maximum absolute atomic E-state index is 11.4. The summed E-state index contributed by atoms with van der Waals surface area (Å²) in [4.78, 5) is 11.4. The summed E-state index contributed by atoms with van der Waals surface area (Å²) in [5, 5.41) is 0. The molecule has 1 rings (SSSR count). The number of carbonyl (C=O) groups is 1. The second-order valence-corrected chi connectivity index (χ2v) is 2.97. The van der Waals surface area contributed by atoms with Gasteiger partial charge in [0.15, 0.2) is 5.78 Å². The molecular formula is C10H14O3. The largest absolute Gasteiger partial charge is 0.469 e. The van der Waals surface area contributed by atoms with Crippen LogP contribution in [0.2, 0.25) is 0 Å². The Bertz CT molecular complexity index is 275. The number of furan rings is 1. The number of aryl methyl sites for hydroxylation is 1. The van der Waals surface area contributed by atoms with Crippen molar-refractivity contribution in [2.75, 3.05) is 13.7 Å². The van der Waals surface area contributed by atoms with Gasteiger partial charge >= 0.3 is 0 Å². The van der Waals surface area contributed by atoms with Gasteiger partial charge in [0.1, 0.15) is 12.0 Å². The molecule has 3 heteroatoms. The lowest BCUT2D eigenvalue weighted by molar-refractivity contribution is 0.0963.